The van der Waals surface area contributed by atoms with E-state index in [1.165, 1.54) is 43.8 Å². The van der Waals surface area contributed by atoms with Crippen molar-refractivity contribution in [2.45, 2.75) is 65.5 Å². The first-order valence-electron chi connectivity index (χ1n) is 28.7. The van der Waals surface area contributed by atoms with Gasteiger partial charge in [-0.15, -0.1) is 0 Å². The minimum absolute atomic E-state index is 0.0429. The summed E-state index contributed by atoms with van der Waals surface area (Å²) in [7, 11) is -2.52. The molecule has 1 aliphatic rings. The Balaban J connectivity index is 0.000000180. The second-order valence-corrected chi connectivity index (χ2v) is 30.6. The summed E-state index contributed by atoms with van der Waals surface area (Å²) < 4.78 is 19.4. The molecule has 7 aromatic heterocycles. The number of benzene rings is 5. The summed E-state index contributed by atoms with van der Waals surface area (Å²) in [5, 5.41) is 5.58. The molecule has 0 saturated carbocycles. The van der Waals surface area contributed by atoms with E-state index in [9.17, 15) is 0 Å². The Bertz CT molecular complexity index is 4080. The number of pyridine rings is 7. The third-order valence-corrected chi connectivity index (χ3v) is 21.8. The summed E-state index contributed by atoms with van der Waals surface area (Å²) in [6.07, 6.45) is 10.8. The second-order valence-electron chi connectivity index (χ2n) is 23.7. The topological polar surface area (TPSA) is 118 Å². The van der Waals surface area contributed by atoms with Gasteiger partial charge >= 0.3 is 202 Å². The van der Waals surface area contributed by atoms with Crippen LogP contribution < -0.4 is 10.6 Å². The first-order chi connectivity index (χ1) is 41.2. The van der Waals surface area contributed by atoms with Crippen LogP contribution in [-0.4, -0.2) is 60.3 Å². The Morgan fingerprint density at radius 3 is 1.15 bits per heavy atom. The molecular formula is C73H64GaN7O3Si. The van der Waals surface area contributed by atoms with E-state index in [-0.39, 0.29) is 10.8 Å². The maximum atomic E-state index is 6.46. The van der Waals surface area contributed by atoms with Crippen LogP contribution in [0.15, 0.2) is 243 Å². The van der Waals surface area contributed by atoms with Gasteiger partial charge in [-0.05, 0) is 103 Å². The van der Waals surface area contributed by atoms with E-state index in [1.54, 1.807) is 18.6 Å². The van der Waals surface area contributed by atoms with E-state index in [0.717, 1.165) is 66.7 Å². The molecule has 10 nitrogen and oxygen atoms in total. The molecule has 5 aromatic carbocycles. The molecule has 13 rings (SSSR count). The molecule has 0 atom stereocenters. The normalized spacial score (nSPS) is 13.2. The van der Waals surface area contributed by atoms with Gasteiger partial charge in [0.05, 0.1) is 28.5 Å². The first kappa shape index (κ1) is 56.2. The van der Waals surface area contributed by atoms with Gasteiger partial charge in [-0.2, -0.15) is 0 Å². The van der Waals surface area contributed by atoms with E-state index in [1.807, 2.05) is 134 Å². The summed E-state index contributed by atoms with van der Waals surface area (Å²) in [6.45, 7) is 18.5. The van der Waals surface area contributed by atoms with E-state index in [0.29, 0.717) is 17.2 Å². The quantitative estimate of drug-likeness (QED) is 0.109. The predicted molar refractivity (Wildman–Crippen MR) is 349 cm³/mol. The van der Waals surface area contributed by atoms with Crippen molar-refractivity contribution < 1.29 is 10.6 Å². The number of fused-ring (bicyclic) bond motifs is 3. The molecule has 0 N–H and O–H groups in total. The molecule has 12 aromatic rings. The van der Waals surface area contributed by atoms with E-state index >= 15 is 0 Å². The number of rotatable bonds is 12. The Morgan fingerprint density at radius 2 is 0.729 bits per heavy atom. The molecule has 0 unspecified atom stereocenters. The Hall–Kier alpha value is -9.34. The van der Waals surface area contributed by atoms with Crippen molar-refractivity contribution in [2.24, 2.45) is 0 Å². The number of para-hydroxylation sites is 3. The number of nitrogens with zero attached hydrogens (tertiary/aromatic N) is 7. The molecule has 0 saturated heterocycles. The summed E-state index contributed by atoms with van der Waals surface area (Å²) in [5.74, 6) is 1.89. The van der Waals surface area contributed by atoms with Crippen LogP contribution in [0.5, 0.6) is 17.2 Å². The summed E-state index contributed by atoms with van der Waals surface area (Å²) >= 11 is -3.46. The minimum atomic E-state index is -3.46. The maximum absolute atomic E-state index is 6.46. The van der Waals surface area contributed by atoms with Crippen LogP contribution in [0.1, 0.15) is 75.2 Å². The number of hydrogen-bond donors (Lipinski definition) is 0. The fourth-order valence-corrected chi connectivity index (χ4v) is 17.5. The average Bonchev–Trinajstić information content (AvgIpc) is 2.13. The van der Waals surface area contributed by atoms with Gasteiger partial charge in [-0.1, -0.05) is 121 Å². The van der Waals surface area contributed by atoms with Gasteiger partial charge in [0.1, 0.15) is 8.07 Å². The van der Waals surface area contributed by atoms with Crippen LogP contribution in [-0.2, 0) is 10.8 Å². The summed E-state index contributed by atoms with van der Waals surface area (Å²) in [5.41, 5.74) is 15.5. The molecule has 416 valence electrons. The monoisotopic (exact) mass is 1180 g/mol. The second kappa shape index (κ2) is 23.7. The molecule has 0 radical (unpaired) electrons. The van der Waals surface area contributed by atoms with Crippen molar-refractivity contribution in [3.63, 3.8) is 0 Å². The van der Waals surface area contributed by atoms with Crippen LogP contribution >= 0.6 is 0 Å². The zero-order chi connectivity index (χ0) is 58.7. The van der Waals surface area contributed by atoms with E-state index in [4.69, 9.17) is 20.6 Å². The van der Waals surface area contributed by atoms with Gasteiger partial charge in [0.15, 0.2) is 0 Å². The fourth-order valence-electron chi connectivity index (χ4n) is 11.1. The SMILES string of the molecule is CC(C)(C)c1ccc(C2=C(c3cccc(-c4cccnc4)n3)[Si](C)(C)C(c3cccc(-c4ccccn4)n3)=C2c2ccc(C(C)(C)C)cc2)cc1.c1cnc2c([O][Ga]([O]c3cccc4cccnc34)[O]c3cccc4cccnc34)cccc2c1. The van der Waals surface area contributed by atoms with Crippen LogP contribution in [0.3, 0.4) is 0 Å². The molecule has 85 heavy (non-hydrogen) atoms. The van der Waals surface area contributed by atoms with Crippen molar-refractivity contribution in [2.75, 3.05) is 0 Å². The van der Waals surface area contributed by atoms with Crippen LogP contribution in [0, 0.1) is 0 Å². The van der Waals surface area contributed by atoms with Gasteiger partial charge in [0, 0.05) is 24.2 Å². The fraction of sp³-hybridized carbons (Fsp3) is 0.137. The van der Waals surface area contributed by atoms with Crippen molar-refractivity contribution in [3.8, 4) is 39.9 Å². The van der Waals surface area contributed by atoms with Gasteiger partial charge < -0.3 is 0 Å². The van der Waals surface area contributed by atoms with E-state index in [2.05, 4.69) is 171 Å². The van der Waals surface area contributed by atoms with E-state index < -0.39 is 25.4 Å². The molecule has 0 aliphatic carbocycles. The van der Waals surface area contributed by atoms with Crippen LogP contribution in [0.2, 0.25) is 13.1 Å². The molecule has 0 fully saturated rings. The van der Waals surface area contributed by atoms with Crippen molar-refractivity contribution >= 4 is 79.6 Å². The average molecular weight is 1190 g/mol. The van der Waals surface area contributed by atoms with Gasteiger partial charge in [0.25, 0.3) is 0 Å². The Labute approximate surface area is 504 Å². The van der Waals surface area contributed by atoms with Crippen molar-refractivity contribution in [3.05, 3.63) is 277 Å². The Morgan fingerprint density at radius 1 is 0.341 bits per heavy atom. The predicted octanol–water partition coefficient (Wildman–Crippen LogP) is 17.4. The molecule has 1 aliphatic heterocycles. The summed E-state index contributed by atoms with van der Waals surface area (Å²) in [6, 6.07) is 70.5. The standard InChI is InChI=1S/C46H46N4Si.3C9H7NO.Ga/c1-45(2,3)34-24-20-31(21-25-34)41-42(32-22-26-35(27-23-32)46(4,5)6)44(40-19-12-17-38(50-40)37-15-9-10-29-48-37)51(7,8)43(41)39-18-11-16-36(49-39)33-14-13-28-47-30-33;3*11-8-5-1-3-7-4-2-6-10-9(7)8;/h9-30H,1-8H3;3*1-6,11H;/q;;;;+3/p-3. The van der Waals surface area contributed by atoms with Crippen molar-refractivity contribution in [1.29, 1.82) is 0 Å². The van der Waals surface area contributed by atoms with Crippen LogP contribution in [0.4, 0.5) is 0 Å². The Kier molecular flexibility index (Phi) is 15.7. The van der Waals surface area contributed by atoms with Crippen LogP contribution in [0.25, 0.3) is 76.9 Å². The van der Waals surface area contributed by atoms with Gasteiger partial charge in [-0.3, -0.25) is 9.97 Å². The molecule has 8 heterocycles. The molecular weight excluding hydrogens is 1120 g/mol. The first-order valence-corrected chi connectivity index (χ1v) is 34.6. The van der Waals surface area contributed by atoms with Gasteiger partial charge in [-0.25, -0.2) is 9.97 Å². The third kappa shape index (κ3) is 11.9. The molecule has 12 heteroatoms. The van der Waals surface area contributed by atoms with Crippen molar-refractivity contribution in [1.82, 2.24) is 34.9 Å². The zero-order valence-electron chi connectivity index (χ0n) is 49.0. The number of allylic oxidation sites excluding steroid dienone is 2. The van der Waals surface area contributed by atoms with Gasteiger partial charge in [0.2, 0.25) is 0 Å². The number of hydrogen-bond acceptors (Lipinski definition) is 10. The number of aromatic nitrogens is 7. The molecule has 0 amide bonds. The molecule has 0 bridgehead atoms. The third-order valence-electron chi connectivity index (χ3n) is 15.4. The zero-order valence-corrected chi connectivity index (χ0v) is 52.4. The summed E-state index contributed by atoms with van der Waals surface area (Å²) in [4.78, 5) is 33.4. The molecule has 0 spiro atoms.